The minimum absolute atomic E-state index is 0.0560. The van der Waals surface area contributed by atoms with Crippen molar-refractivity contribution in [1.82, 2.24) is 0 Å². The van der Waals surface area contributed by atoms with E-state index in [0.717, 1.165) is 23.1 Å². The first kappa shape index (κ1) is 22.3. The maximum absolute atomic E-state index is 13.1. The summed E-state index contributed by atoms with van der Waals surface area (Å²) in [5.41, 5.74) is -1.32. The van der Waals surface area contributed by atoms with E-state index in [1.54, 1.807) is 6.07 Å². The second-order valence-corrected chi connectivity index (χ2v) is 8.36. The molecule has 158 valence electrons. The number of carbonyl (C=O) groups is 1. The molecule has 4 nitrogen and oxygen atoms in total. The summed E-state index contributed by atoms with van der Waals surface area (Å²) in [6.45, 7) is 0.160. The van der Waals surface area contributed by atoms with Crippen LogP contribution in [0.25, 0.3) is 0 Å². The van der Waals surface area contributed by atoms with Gasteiger partial charge in [0.15, 0.2) is 0 Å². The number of hydrogen-bond donors (Lipinski definition) is 2. The van der Waals surface area contributed by atoms with Gasteiger partial charge in [0.05, 0.1) is 27.8 Å². The van der Waals surface area contributed by atoms with Crippen LogP contribution in [0.2, 0.25) is 9.36 Å². The largest absolute Gasteiger partial charge is 0.507 e. The van der Waals surface area contributed by atoms with E-state index in [4.69, 9.17) is 27.9 Å². The van der Waals surface area contributed by atoms with Gasteiger partial charge in [-0.25, -0.2) is 0 Å². The summed E-state index contributed by atoms with van der Waals surface area (Å²) in [5, 5.41) is 12.4. The smallest absolute Gasteiger partial charge is 0.416 e. The Morgan fingerprint density at radius 3 is 2.53 bits per heavy atom. The highest BCUT2D eigenvalue weighted by Crippen LogP contribution is 2.36. The Hall–Kier alpha value is -2.42. The minimum atomic E-state index is -4.61. The molecule has 1 amide bonds. The second-order valence-electron chi connectivity index (χ2n) is 6.13. The molecule has 0 spiro atoms. The number of halogens is 5. The fourth-order valence-electron chi connectivity index (χ4n) is 2.56. The van der Waals surface area contributed by atoms with E-state index in [9.17, 15) is 23.1 Å². The molecule has 10 heteroatoms. The molecule has 0 radical (unpaired) electrons. The summed E-state index contributed by atoms with van der Waals surface area (Å²) in [5.74, 6) is -1.13. The van der Waals surface area contributed by atoms with Crippen LogP contribution in [-0.2, 0) is 12.6 Å². The molecule has 0 saturated heterocycles. The maximum atomic E-state index is 13.1. The Morgan fingerprint density at radius 2 is 1.87 bits per heavy atom. The molecular formula is C20H14Cl2F3NO3S. The highest BCUT2D eigenvalue weighted by atomic mass is 35.5. The number of aromatic hydroxyl groups is 1. The van der Waals surface area contributed by atoms with Crippen molar-refractivity contribution in [2.45, 2.75) is 12.6 Å². The van der Waals surface area contributed by atoms with E-state index in [1.165, 1.54) is 29.5 Å². The lowest BCUT2D eigenvalue weighted by atomic mass is 10.1. The van der Waals surface area contributed by atoms with Crippen LogP contribution < -0.4 is 10.1 Å². The number of alkyl halides is 3. The first-order valence-electron chi connectivity index (χ1n) is 8.51. The van der Waals surface area contributed by atoms with Gasteiger partial charge in [-0.2, -0.15) is 13.2 Å². The third-order valence-electron chi connectivity index (χ3n) is 3.99. The fourth-order valence-corrected chi connectivity index (χ4v) is 3.80. The van der Waals surface area contributed by atoms with Gasteiger partial charge in [-0.05, 0) is 48.5 Å². The number of nitrogens with one attached hydrogen (secondary N) is 1. The van der Waals surface area contributed by atoms with Crippen molar-refractivity contribution in [3.8, 4) is 11.5 Å². The van der Waals surface area contributed by atoms with Crippen molar-refractivity contribution in [2.75, 3.05) is 11.9 Å². The van der Waals surface area contributed by atoms with Gasteiger partial charge in [0.1, 0.15) is 11.5 Å². The number of phenolic OH excluding ortho intramolecular Hbond substituents is 1. The lowest BCUT2D eigenvalue weighted by Gasteiger charge is -2.16. The standard InChI is InChI=1S/C20H14Cl2F3NO3S/c21-12-2-4-16(27)14(10-12)19(28)26-15-9-11(20(23,24)25)1-5-17(15)29-8-7-13-3-6-18(22)30-13/h1-6,9-10,27H,7-8H2,(H,26,28). The van der Waals surface area contributed by atoms with Gasteiger partial charge < -0.3 is 15.2 Å². The Morgan fingerprint density at radius 1 is 1.10 bits per heavy atom. The first-order valence-corrected chi connectivity index (χ1v) is 10.1. The average Bonchev–Trinajstić information content (AvgIpc) is 3.09. The predicted octanol–water partition coefficient (Wildman–Crippen LogP) is 6.65. The summed E-state index contributed by atoms with van der Waals surface area (Å²) >= 11 is 13.1. The molecule has 0 atom stereocenters. The highest BCUT2D eigenvalue weighted by Gasteiger charge is 2.31. The summed E-state index contributed by atoms with van der Waals surface area (Å²) in [7, 11) is 0. The van der Waals surface area contributed by atoms with Crippen molar-refractivity contribution in [2.24, 2.45) is 0 Å². The van der Waals surface area contributed by atoms with Crippen LogP contribution in [-0.4, -0.2) is 17.6 Å². The normalized spacial score (nSPS) is 11.4. The van der Waals surface area contributed by atoms with E-state index in [1.807, 2.05) is 6.07 Å². The molecule has 0 fully saturated rings. The molecule has 0 aliphatic rings. The van der Waals surface area contributed by atoms with Crippen LogP contribution in [0.4, 0.5) is 18.9 Å². The quantitative estimate of drug-likeness (QED) is 0.419. The van der Waals surface area contributed by atoms with Crippen molar-refractivity contribution in [1.29, 1.82) is 0 Å². The molecule has 3 aromatic rings. The summed E-state index contributed by atoms with van der Waals surface area (Å²) < 4.78 is 45.6. The van der Waals surface area contributed by atoms with Gasteiger partial charge >= 0.3 is 6.18 Å². The number of benzene rings is 2. The lowest BCUT2D eigenvalue weighted by Crippen LogP contribution is -2.15. The predicted molar refractivity (Wildman–Crippen MR) is 111 cm³/mol. The Balaban J connectivity index is 1.83. The summed E-state index contributed by atoms with van der Waals surface area (Å²) in [4.78, 5) is 13.5. The molecule has 0 aliphatic carbocycles. The number of ether oxygens (including phenoxy) is 1. The summed E-state index contributed by atoms with van der Waals surface area (Å²) in [6.07, 6.45) is -4.12. The van der Waals surface area contributed by atoms with E-state index < -0.39 is 17.6 Å². The number of anilines is 1. The number of phenols is 1. The molecule has 0 aliphatic heterocycles. The Kier molecular flexibility index (Phi) is 6.80. The SMILES string of the molecule is O=C(Nc1cc(C(F)(F)F)ccc1OCCc1ccc(Cl)s1)c1cc(Cl)ccc1O. The van der Waals surface area contributed by atoms with E-state index in [2.05, 4.69) is 5.32 Å². The third-order valence-corrected chi connectivity index (χ3v) is 5.52. The zero-order valence-corrected chi connectivity index (χ0v) is 17.4. The zero-order valence-electron chi connectivity index (χ0n) is 15.1. The molecular weight excluding hydrogens is 462 g/mol. The Labute approximate surface area is 183 Å². The van der Waals surface area contributed by atoms with Crippen LogP contribution >= 0.6 is 34.5 Å². The van der Waals surface area contributed by atoms with Crippen molar-refractivity contribution >= 4 is 46.1 Å². The molecule has 0 bridgehead atoms. The Bertz CT molecular complexity index is 1070. The van der Waals surface area contributed by atoms with Gasteiger partial charge in [-0.3, -0.25) is 4.79 Å². The minimum Gasteiger partial charge on any atom is -0.507 e. The van der Waals surface area contributed by atoms with Crippen LogP contribution in [0.15, 0.2) is 48.5 Å². The number of thiophene rings is 1. The molecule has 30 heavy (non-hydrogen) atoms. The maximum Gasteiger partial charge on any atom is 0.416 e. The number of amides is 1. The van der Waals surface area contributed by atoms with Gasteiger partial charge in [0.25, 0.3) is 5.91 Å². The van der Waals surface area contributed by atoms with Crippen molar-refractivity contribution in [3.63, 3.8) is 0 Å². The average molecular weight is 476 g/mol. The van der Waals surface area contributed by atoms with Crippen molar-refractivity contribution < 1.29 is 27.8 Å². The molecule has 2 N–H and O–H groups in total. The van der Waals surface area contributed by atoms with Crippen molar-refractivity contribution in [3.05, 3.63) is 73.9 Å². The zero-order chi connectivity index (χ0) is 21.9. The van der Waals surface area contributed by atoms with Crippen LogP contribution in [0.3, 0.4) is 0 Å². The number of carbonyl (C=O) groups excluding carboxylic acids is 1. The molecule has 1 heterocycles. The van der Waals surface area contributed by atoms with Crippen LogP contribution in [0.5, 0.6) is 11.5 Å². The first-order chi connectivity index (χ1) is 14.1. The molecule has 0 saturated carbocycles. The van der Waals surface area contributed by atoms with Gasteiger partial charge in [0.2, 0.25) is 0 Å². The highest BCUT2D eigenvalue weighted by molar-refractivity contribution is 7.16. The molecule has 3 rings (SSSR count). The molecule has 1 aromatic heterocycles. The van der Waals surface area contributed by atoms with E-state index in [0.29, 0.717) is 10.8 Å². The van der Waals surface area contributed by atoms with Crippen LogP contribution in [0.1, 0.15) is 20.8 Å². The third kappa shape index (κ3) is 5.59. The van der Waals surface area contributed by atoms with Crippen LogP contribution in [0, 0.1) is 0 Å². The summed E-state index contributed by atoms with van der Waals surface area (Å²) in [6, 6.07) is 10.1. The molecule has 0 unspecified atom stereocenters. The molecule has 2 aromatic carbocycles. The topological polar surface area (TPSA) is 58.6 Å². The van der Waals surface area contributed by atoms with Gasteiger partial charge in [-0.1, -0.05) is 23.2 Å². The monoisotopic (exact) mass is 475 g/mol. The van der Waals surface area contributed by atoms with E-state index >= 15 is 0 Å². The second kappa shape index (κ2) is 9.16. The van der Waals surface area contributed by atoms with Gasteiger partial charge in [0, 0.05) is 16.3 Å². The van der Waals surface area contributed by atoms with E-state index in [-0.39, 0.29) is 34.4 Å². The fraction of sp³-hybridized carbons (Fsp3) is 0.150. The number of hydrogen-bond acceptors (Lipinski definition) is 4. The van der Waals surface area contributed by atoms with Gasteiger partial charge in [-0.15, -0.1) is 11.3 Å². The number of rotatable bonds is 6. The lowest BCUT2D eigenvalue weighted by molar-refractivity contribution is -0.137.